The Morgan fingerprint density at radius 1 is 1.29 bits per heavy atom. The van der Waals surface area contributed by atoms with Gasteiger partial charge in [0.05, 0.1) is 18.6 Å². The summed E-state index contributed by atoms with van der Waals surface area (Å²) in [4.78, 5) is 2.42. The predicted molar refractivity (Wildman–Crippen MR) is 83.6 cm³/mol. The Morgan fingerprint density at radius 2 is 2.00 bits per heavy atom. The number of nitrogens with zero attached hydrogens (tertiary/aromatic N) is 2. The highest BCUT2D eigenvalue weighted by Crippen LogP contribution is 2.27. The van der Waals surface area contributed by atoms with Crippen LogP contribution in [0.5, 0.6) is 0 Å². The second kappa shape index (κ2) is 8.78. The molecule has 2 rings (SSSR count). The third-order valence-corrected chi connectivity index (χ3v) is 4.09. The van der Waals surface area contributed by atoms with E-state index >= 15 is 0 Å². The van der Waals surface area contributed by atoms with Gasteiger partial charge in [-0.05, 0) is 31.4 Å². The van der Waals surface area contributed by atoms with Crippen molar-refractivity contribution >= 4 is 0 Å². The van der Waals surface area contributed by atoms with Crippen LogP contribution in [0.3, 0.4) is 0 Å². The molecule has 2 N–H and O–H groups in total. The van der Waals surface area contributed by atoms with Crippen LogP contribution in [0.1, 0.15) is 37.3 Å². The van der Waals surface area contributed by atoms with Crippen LogP contribution < -0.4 is 5.73 Å². The van der Waals surface area contributed by atoms with Gasteiger partial charge in [0.1, 0.15) is 0 Å². The molecule has 0 amide bonds. The lowest BCUT2D eigenvalue weighted by molar-refractivity contribution is -0.00212. The number of nitrogens with two attached hydrogens (primary N) is 1. The van der Waals surface area contributed by atoms with E-state index in [1.807, 2.05) is 18.2 Å². The zero-order valence-corrected chi connectivity index (χ0v) is 12.6. The summed E-state index contributed by atoms with van der Waals surface area (Å²) in [5.74, 6) is 0. The molecule has 1 aromatic carbocycles. The second-order valence-corrected chi connectivity index (χ2v) is 5.54. The molecular weight excluding hydrogens is 262 g/mol. The van der Waals surface area contributed by atoms with Gasteiger partial charge in [0.15, 0.2) is 0 Å². The van der Waals surface area contributed by atoms with E-state index in [2.05, 4.69) is 23.1 Å². The number of hydrogen-bond donors (Lipinski definition) is 1. The molecule has 4 nitrogen and oxygen atoms in total. The second-order valence-electron chi connectivity index (χ2n) is 5.54. The minimum absolute atomic E-state index is 0.209. The Bertz CT molecular complexity index is 435. The molecule has 1 aliphatic rings. The first kappa shape index (κ1) is 16.0. The summed E-state index contributed by atoms with van der Waals surface area (Å²) >= 11 is 0. The topological polar surface area (TPSA) is 62.3 Å². The first-order chi connectivity index (χ1) is 10.3. The van der Waals surface area contributed by atoms with E-state index in [-0.39, 0.29) is 6.04 Å². The fourth-order valence-corrected chi connectivity index (χ4v) is 2.91. The number of piperidine rings is 1. The van der Waals surface area contributed by atoms with Gasteiger partial charge >= 0.3 is 0 Å². The molecule has 1 unspecified atom stereocenters. The third kappa shape index (κ3) is 4.82. The molecule has 1 atom stereocenters. The largest absolute Gasteiger partial charge is 0.378 e. The fraction of sp³-hybridized carbons (Fsp3) is 0.588. The summed E-state index contributed by atoms with van der Waals surface area (Å²) in [5.41, 5.74) is 6.72. The van der Waals surface area contributed by atoms with Crippen LogP contribution in [-0.4, -0.2) is 37.2 Å². The zero-order valence-electron chi connectivity index (χ0n) is 12.6. The standard InChI is InChI=1S/C17H25N3O/c18-10-4-14-21-16-8-12-20(13-9-16)17(7-11-19)15-5-2-1-3-6-15/h1-3,5-6,16-17H,4,7-10,12-14,18H2. The van der Waals surface area contributed by atoms with Gasteiger partial charge in [-0.2, -0.15) is 5.26 Å². The Balaban J connectivity index is 1.88. The van der Waals surface area contributed by atoms with Crippen molar-refractivity contribution in [3.05, 3.63) is 35.9 Å². The quantitative estimate of drug-likeness (QED) is 0.783. The maximum absolute atomic E-state index is 9.11. The lowest BCUT2D eigenvalue weighted by Crippen LogP contribution is -2.39. The number of rotatable bonds is 7. The Labute approximate surface area is 127 Å². The summed E-state index contributed by atoms with van der Waals surface area (Å²) in [7, 11) is 0. The monoisotopic (exact) mass is 287 g/mol. The van der Waals surface area contributed by atoms with Gasteiger partial charge in [0.2, 0.25) is 0 Å². The van der Waals surface area contributed by atoms with E-state index in [1.165, 1.54) is 5.56 Å². The van der Waals surface area contributed by atoms with Crippen molar-refractivity contribution in [3.8, 4) is 6.07 Å². The van der Waals surface area contributed by atoms with E-state index in [9.17, 15) is 0 Å². The highest BCUT2D eigenvalue weighted by molar-refractivity contribution is 5.20. The normalized spacial score (nSPS) is 18.3. The van der Waals surface area contributed by atoms with E-state index in [4.69, 9.17) is 15.7 Å². The minimum Gasteiger partial charge on any atom is -0.378 e. The third-order valence-electron chi connectivity index (χ3n) is 4.09. The summed E-state index contributed by atoms with van der Waals surface area (Å²) in [6.45, 7) is 3.45. The summed E-state index contributed by atoms with van der Waals surface area (Å²) < 4.78 is 5.85. The van der Waals surface area contributed by atoms with Gasteiger partial charge in [-0.25, -0.2) is 0 Å². The molecule has 1 fully saturated rings. The van der Waals surface area contributed by atoms with Crippen LogP contribution in [0.15, 0.2) is 30.3 Å². The van der Waals surface area contributed by atoms with Crippen LogP contribution in [0.2, 0.25) is 0 Å². The molecule has 0 bridgehead atoms. The van der Waals surface area contributed by atoms with Crippen LogP contribution in [0.25, 0.3) is 0 Å². The van der Waals surface area contributed by atoms with E-state index in [0.717, 1.165) is 39.0 Å². The van der Waals surface area contributed by atoms with Crippen molar-refractivity contribution in [2.75, 3.05) is 26.2 Å². The van der Waals surface area contributed by atoms with E-state index in [1.54, 1.807) is 0 Å². The van der Waals surface area contributed by atoms with Crippen LogP contribution in [0.4, 0.5) is 0 Å². The van der Waals surface area contributed by atoms with E-state index in [0.29, 0.717) is 19.1 Å². The van der Waals surface area contributed by atoms with Gasteiger partial charge in [-0.15, -0.1) is 0 Å². The molecule has 1 heterocycles. The maximum Gasteiger partial charge on any atom is 0.0641 e. The number of hydrogen-bond acceptors (Lipinski definition) is 4. The van der Waals surface area contributed by atoms with Gasteiger partial charge < -0.3 is 10.5 Å². The smallest absolute Gasteiger partial charge is 0.0641 e. The van der Waals surface area contributed by atoms with Crippen molar-refractivity contribution in [2.45, 2.75) is 37.8 Å². The maximum atomic E-state index is 9.11. The van der Waals surface area contributed by atoms with Crippen LogP contribution in [0, 0.1) is 11.3 Å². The lowest BCUT2D eigenvalue weighted by Gasteiger charge is -2.37. The number of benzene rings is 1. The molecule has 1 saturated heterocycles. The lowest BCUT2D eigenvalue weighted by atomic mass is 9.98. The van der Waals surface area contributed by atoms with Crippen molar-refractivity contribution in [1.82, 2.24) is 4.90 Å². The number of ether oxygens (including phenoxy) is 1. The molecule has 1 aromatic rings. The predicted octanol–water partition coefficient (Wildman–Crippen LogP) is 2.47. The molecule has 114 valence electrons. The molecule has 0 aliphatic carbocycles. The summed E-state index contributed by atoms with van der Waals surface area (Å²) in [6, 6.07) is 12.9. The average Bonchev–Trinajstić information content (AvgIpc) is 2.54. The van der Waals surface area contributed by atoms with Crippen LogP contribution >= 0.6 is 0 Å². The van der Waals surface area contributed by atoms with Gasteiger partial charge in [-0.1, -0.05) is 30.3 Å². The summed E-state index contributed by atoms with van der Waals surface area (Å²) in [6.07, 6.45) is 3.91. The SMILES string of the molecule is N#CCC(c1ccccc1)N1CCC(OCCCN)CC1. The van der Waals surface area contributed by atoms with Crippen LogP contribution in [-0.2, 0) is 4.74 Å². The Morgan fingerprint density at radius 3 is 2.62 bits per heavy atom. The average molecular weight is 287 g/mol. The first-order valence-electron chi connectivity index (χ1n) is 7.82. The molecule has 0 spiro atoms. The fourth-order valence-electron chi connectivity index (χ4n) is 2.91. The van der Waals surface area contributed by atoms with Crippen molar-refractivity contribution < 1.29 is 4.74 Å². The highest BCUT2D eigenvalue weighted by Gasteiger charge is 2.26. The first-order valence-corrected chi connectivity index (χ1v) is 7.82. The van der Waals surface area contributed by atoms with Gasteiger partial charge in [0.25, 0.3) is 0 Å². The van der Waals surface area contributed by atoms with Crippen molar-refractivity contribution in [1.29, 1.82) is 5.26 Å². The molecule has 1 aliphatic heterocycles. The molecule has 21 heavy (non-hydrogen) atoms. The van der Waals surface area contributed by atoms with Crippen molar-refractivity contribution in [3.63, 3.8) is 0 Å². The van der Waals surface area contributed by atoms with E-state index < -0.39 is 0 Å². The molecule has 0 aromatic heterocycles. The summed E-state index contributed by atoms with van der Waals surface area (Å²) in [5, 5.41) is 9.11. The highest BCUT2D eigenvalue weighted by atomic mass is 16.5. The molecule has 0 radical (unpaired) electrons. The van der Waals surface area contributed by atoms with Gasteiger partial charge in [-0.3, -0.25) is 4.90 Å². The molecular formula is C17H25N3O. The Hall–Kier alpha value is -1.41. The molecule has 0 saturated carbocycles. The Kier molecular flexibility index (Phi) is 6.68. The zero-order chi connectivity index (χ0) is 14.9. The number of likely N-dealkylation sites (tertiary alicyclic amines) is 1. The van der Waals surface area contributed by atoms with Crippen molar-refractivity contribution in [2.24, 2.45) is 5.73 Å². The molecule has 4 heteroatoms. The minimum atomic E-state index is 0.209. The number of nitriles is 1. The van der Waals surface area contributed by atoms with Gasteiger partial charge in [0, 0.05) is 25.7 Å².